The van der Waals surface area contributed by atoms with E-state index < -0.39 is 0 Å². The molecule has 1 aromatic rings. The first-order valence-corrected chi connectivity index (χ1v) is 13.5. The highest BCUT2D eigenvalue weighted by atomic mass is 79.9. The van der Waals surface area contributed by atoms with Crippen molar-refractivity contribution in [1.82, 2.24) is 4.90 Å². The number of carbonyl (C=O) groups excluding carboxylic acids is 3. The Bertz CT molecular complexity index is 890. The SMILES string of the molecule is Cc1cc(NC(=O)CCCCCN2C(=O)[C@@H]3[C@@H]4C[C@H]([C@H](Br)[C@@H]4Br)[C@@H]3C2=O)c(C)cc1Br. The number of amides is 3. The molecule has 3 fully saturated rings. The molecule has 0 unspecified atom stereocenters. The molecule has 1 N–H and O–H groups in total. The van der Waals surface area contributed by atoms with E-state index >= 15 is 0 Å². The van der Waals surface area contributed by atoms with Gasteiger partial charge in [0, 0.05) is 32.8 Å². The van der Waals surface area contributed by atoms with Gasteiger partial charge in [-0.15, -0.1) is 0 Å². The van der Waals surface area contributed by atoms with Crippen LogP contribution in [-0.4, -0.2) is 38.8 Å². The third-order valence-corrected chi connectivity index (χ3v) is 11.2. The molecule has 5 nitrogen and oxygen atoms in total. The summed E-state index contributed by atoms with van der Waals surface area (Å²) in [5.41, 5.74) is 2.94. The van der Waals surface area contributed by atoms with E-state index in [1.165, 1.54) is 4.90 Å². The Morgan fingerprint density at radius 2 is 1.61 bits per heavy atom. The van der Waals surface area contributed by atoms with Gasteiger partial charge in [0.2, 0.25) is 17.7 Å². The maximum Gasteiger partial charge on any atom is 0.233 e. The first-order chi connectivity index (χ1) is 14.7. The van der Waals surface area contributed by atoms with Gasteiger partial charge in [0.15, 0.2) is 0 Å². The van der Waals surface area contributed by atoms with E-state index in [1.807, 2.05) is 26.0 Å². The number of nitrogens with zero attached hydrogens (tertiary/aromatic N) is 1. The monoisotopic (exact) mass is 616 g/mol. The number of halogens is 3. The van der Waals surface area contributed by atoms with Crippen molar-refractivity contribution in [2.24, 2.45) is 23.7 Å². The maximum absolute atomic E-state index is 12.9. The minimum Gasteiger partial charge on any atom is -0.326 e. The van der Waals surface area contributed by atoms with Crippen molar-refractivity contribution < 1.29 is 14.4 Å². The summed E-state index contributed by atoms with van der Waals surface area (Å²) >= 11 is 10.9. The minimum absolute atomic E-state index is 0.00372. The largest absolute Gasteiger partial charge is 0.326 e. The van der Waals surface area contributed by atoms with Crippen molar-refractivity contribution in [2.45, 2.75) is 55.6 Å². The van der Waals surface area contributed by atoms with Gasteiger partial charge in [-0.1, -0.05) is 54.2 Å². The zero-order chi connectivity index (χ0) is 22.4. The molecule has 0 radical (unpaired) electrons. The molecule has 2 saturated carbocycles. The summed E-state index contributed by atoms with van der Waals surface area (Å²) in [6.45, 7) is 4.44. The molecule has 1 aliphatic heterocycles. The summed E-state index contributed by atoms with van der Waals surface area (Å²) in [6, 6.07) is 3.98. The molecule has 3 amide bonds. The molecule has 2 aliphatic carbocycles. The van der Waals surface area contributed by atoms with Gasteiger partial charge in [0.25, 0.3) is 0 Å². The number of alkyl halides is 2. The van der Waals surface area contributed by atoms with E-state index in [-0.39, 0.29) is 51.0 Å². The van der Waals surface area contributed by atoms with Crippen molar-refractivity contribution in [1.29, 1.82) is 0 Å². The van der Waals surface area contributed by atoms with Gasteiger partial charge in [-0.25, -0.2) is 0 Å². The van der Waals surface area contributed by atoms with Crippen LogP contribution in [-0.2, 0) is 14.4 Å². The molecule has 6 atom stereocenters. The van der Waals surface area contributed by atoms with Gasteiger partial charge in [0.1, 0.15) is 0 Å². The van der Waals surface area contributed by atoms with E-state index in [2.05, 4.69) is 53.1 Å². The molecule has 8 heteroatoms. The summed E-state index contributed by atoms with van der Waals surface area (Å²) < 4.78 is 1.03. The summed E-state index contributed by atoms with van der Waals surface area (Å²) in [5.74, 6) is 0.273. The van der Waals surface area contributed by atoms with Gasteiger partial charge in [-0.05, 0) is 68.2 Å². The third-order valence-electron chi connectivity index (χ3n) is 7.14. The highest BCUT2D eigenvalue weighted by Crippen LogP contribution is 2.60. The predicted octanol–water partition coefficient (Wildman–Crippen LogP) is 5.34. The van der Waals surface area contributed by atoms with Crippen molar-refractivity contribution in [3.05, 3.63) is 27.7 Å². The zero-order valence-electron chi connectivity index (χ0n) is 17.7. The average Bonchev–Trinajstić information content (AvgIpc) is 3.32. The molecule has 1 saturated heterocycles. The van der Waals surface area contributed by atoms with Crippen molar-refractivity contribution in [2.75, 3.05) is 11.9 Å². The van der Waals surface area contributed by atoms with Crippen LogP contribution in [0.4, 0.5) is 5.69 Å². The number of hydrogen-bond donors (Lipinski definition) is 1. The third kappa shape index (κ3) is 4.29. The van der Waals surface area contributed by atoms with E-state index in [1.54, 1.807) is 0 Å². The van der Waals surface area contributed by atoms with Crippen LogP contribution in [0.2, 0.25) is 0 Å². The topological polar surface area (TPSA) is 66.5 Å². The normalized spacial score (nSPS) is 31.5. The van der Waals surface area contributed by atoms with Crippen molar-refractivity contribution in [3.63, 3.8) is 0 Å². The standard InChI is InChI=1S/C23H27Br3N2O3/c1-11-9-16(12(2)8-15(11)24)27-17(29)6-4-3-5-7-28-22(30)18-13-10-14(19(18)23(28)31)21(26)20(13)25/h8-9,13-14,18-21H,3-7,10H2,1-2H3,(H,27,29)/t13-,14-,18-,19+,20-,21+/m0/s1. The van der Waals surface area contributed by atoms with Crippen molar-refractivity contribution in [3.8, 4) is 0 Å². The molecular weight excluding hydrogens is 592 g/mol. The number of anilines is 1. The molecular formula is C23H27Br3N2O3. The van der Waals surface area contributed by atoms with Gasteiger partial charge < -0.3 is 5.32 Å². The Morgan fingerprint density at radius 1 is 1.00 bits per heavy atom. The van der Waals surface area contributed by atoms with E-state index in [0.29, 0.717) is 13.0 Å². The molecule has 31 heavy (non-hydrogen) atoms. The van der Waals surface area contributed by atoms with Crippen LogP contribution in [0.25, 0.3) is 0 Å². The molecule has 2 bridgehead atoms. The highest BCUT2D eigenvalue weighted by molar-refractivity contribution is 9.12. The van der Waals surface area contributed by atoms with Gasteiger partial charge >= 0.3 is 0 Å². The van der Waals surface area contributed by atoms with Crippen LogP contribution in [0, 0.1) is 37.5 Å². The molecule has 0 spiro atoms. The lowest BCUT2D eigenvalue weighted by molar-refractivity contribution is -0.140. The fraction of sp³-hybridized carbons (Fsp3) is 0.609. The molecule has 1 aromatic carbocycles. The second-order valence-corrected chi connectivity index (χ2v) is 12.1. The van der Waals surface area contributed by atoms with Gasteiger partial charge in [0.05, 0.1) is 11.8 Å². The number of fused-ring (bicyclic) bond motifs is 5. The Morgan fingerprint density at radius 3 is 2.23 bits per heavy atom. The minimum atomic E-state index is -0.140. The summed E-state index contributed by atoms with van der Waals surface area (Å²) in [4.78, 5) is 40.1. The molecule has 3 aliphatic rings. The fourth-order valence-corrected chi connectivity index (χ4v) is 7.82. The quantitative estimate of drug-likeness (QED) is 0.255. The number of carbonyl (C=O) groups is 3. The Labute approximate surface area is 208 Å². The number of rotatable bonds is 7. The number of imide groups is 1. The lowest BCUT2D eigenvalue weighted by Crippen LogP contribution is -2.37. The first kappa shape index (κ1) is 23.4. The van der Waals surface area contributed by atoms with E-state index in [4.69, 9.17) is 0 Å². The number of aryl methyl sites for hydroxylation is 2. The number of nitrogens with one attached hydrogen (secondary N) is 1. The second-order valence-electron chi connectivity index (χ2n) is 9.11. The van der Waals surface area contributed by atoms with Crippen LogP contribution in [0.1, 0.15) is 43.2 Å². The second kappa shape index (κ2) is 9.26. The molecule has 168 valence electrons. The number of hydrogen-bond acceptors (Lipinski definition) is 3. The maximum atomic E-state index is 12.9. The number of benzene rings is 1. The Hall–Kier alpha value is -0.730. The summed E-state index contributed by atoms with van der Waals surface area (Å²) in [7, 11) is 0. The summed E-state index contributed by atoms with van der Waals surface area (Å²) in [5, 5.41) is 2.99. The number of likely N-dealkylation sites (tertiary alicyclic amines) is 1. The highest BCUT2D eigenvalue weighted by Gasteiger charge is 2.66. The Kier molecular flexibility index (Phi) is 7.00. The molecule has 4 rings (SSSR count). The fourth-order valence-electron chi connectivity index (χ4n) is 5.49. The van der Waals surface area contributed by atoms with Gasteiger partial charge in [-0.2, -0.15) is 0 Å². The molecule has 1 heterocycles. The smallest absolute Gasteiger partial charge is 0.233 e. The van der Waals surface area contributed by atoms with Crippen LogP contribution in [0.15, 0.2) is 16.6 Å². The lowest BCUT2D eigenvalue weighted by Gasteiger charge is -2.28. The lowest BCUT2D eigenvalue weighted by atomic mass is 9.81. The van der Waals surface area contributed by atoms with Gasteiger partial charge in [-0.3, -0.25) is 19.3 Å². The molecule has 0 aromatic heterocycles. The van der Waals surface area contributed by atoms with Crippen LogP contribution < -0.4 is 5.32 Å². The van der Waals surface area contributed by atoms with Crippen molar-refractivity contribution >= 4 is 71.2 Å². The average molecular weight is 619 g/mol. The zero-order valence-corrected chi connectivity index (χ0v) is 22.4. The Balaban J connectivity index is 1.22. The van der Waals surface area contributed by atoms with Crippen LogP contribution >= 0.6 is 47.8 Å². The number of unbranched alkanes of at least 4 members (excludes halogenated alkanes) is 2. The van der Waals surface area contributed by atoms with Crippen LogP contribution in [0.3, 0.4) is 0 Å². The first-order valence-electron chi connectivity index (χ1n) is 10.9. The van der Waals surface area contributed by atoms with E-state index in [9.17, 15) is 14.4 Å². The summed E-state index contributed by atoms with van der Waals surface area (Å²) in [6.07, 6.45) is 3.68. The van der Waals surface area contributed by atoms with E-state index in [0.717, 1.165) is 47.0 Å². The predicted molar refractivity (Wildman–Crippen MR) is 131 cm³/mol. The van der Waals surface area contributed by atoms with Crippen LogP contribution in [0.5, 0.6) is 0 Å².